The Labute approximate surface area is 119 Å². The van der Waals surface area contributed by atoms with Crippen LogP contribution in [0.25, 0.3) is 0 Å². The van der Waals surface area contributed by atoms with Gasteiger partial charge in [-0.1, -0.05) is 43.7 Å². The number of carbonyl (C=O) groups is 2. The predicted molar refractivity (Wildman–Crippen MR) is 76.4 cm³/mol. The van der Waals surface area contributed by atoms with E-state index in [0.29, 0.717) is 12.3 Å². The lowest BCUT2D eigenvalue weighted by Gasteiger charge is -2.16. The molecule has 20 heavy (non-hydrogen) atoms. The van der Waals surface area contributed by atoms with Crippen molar-refractivity contribution in [3.05, 3.63) is 35.9 Å². The molecule has 0 heterocycles. The molecule has 1 amide bonds. The first-order valence-electron chi connectivity index (χ1n) is 7.19. The van der Waals surface area contributed by atoms with Crippen LogP contribution in [0.3, 0.4) is 0 Å². The highest BCUT2D eigenvalue weighted by molar-refractivity contribution is 5.83. The third-order valence-corrected chi connectivity index (χ3v) is 3.76. The maximum absolute atomic E-state index is 12.2. The number of hydrogen-bond donors (Lipinski definition) is 2. The quantitative estimate of drug-likeness (QED) is 0.803. The van der Waals surface area contributed by atoms with Crippen LogP contribution in [0.2, 0.25) is 0 Å². The lowest BCUT2D eigenvalue weighted by Crippen LogP contribution is -2.37. The zero-order valence-electron chi connectivity index (χ0n) is 11.7. The standard InChI is InChI=1S/C16H21NO3/c1-2-6-12(9-15(18)19)17-16(20)14-10-13(14)11-7-4-3-5-8-11/h3-5,7-8,12-14H,2,6,9-10H2,1H3,(H,17,20)(H,18,19). The second-order valence-corrected chi connectivity index (χ2v) is 5.45. The molecule has 1 aliphatic carbocycles. The lowest BCUT2D eigenvalue weighted by molar-refractivity contribution is -0.137. The molecule has 108 valence electrons. The van der Waals surface area contributed by atoms with Gasteiger partial charge in [0.15, 0.2) is 0 Å². The molecule has 0 saturated heterocycles. The molecule has 4 nitrogen and oxygen atoms in total. The number of carboxylic acids is 1. The molecule has 0 bridgehead atoms. The molecule has 1 aromatic carbocycles. The minimum Gasteiger partial charge on any atom is -0.481 e. The van der Waals surface area contributed by atoms with Gasteiger partial charge in [-0.15, -0.1) is 0 Å². The summed E-state index contributed by atoms with van der Waals surface area (Å²) in [4.78, 5) is 22.9. The summed E-state index contributed by atoms with van der Waals surface area (Å²) in [6, 6.07) is 9.75. The van der Waals surface area contributed by atoms with Crippen LogP contribution in [0.15, 0.2) is 30.3 Å². The van der Waals surface area contributed by atoms with E-state index in [0.717, 1.165) is 12.8 Å². The van der Waals surface area contributed by atoms with Crippen LogP contribution in [-0.2, 0) is 9.59 Å². The molecule has 0 spiro atoms. The van der Waals surface area contributed by atoms with Crippen molar-refractivity contribution in [1.29, 1.82) is 0 Å². The van der Waals surface area contributed by atoms with Crippen molar-refractivity contribution < 1.29 is 14.7 Å². The van der Waals surface area contributed by atoms with E-state index in [1.54, 1.807) is 0 Å². The Kier molecular flexibility index (Phi) is 4.77. The SMILES string of the molecule is CCCC(CC(=O)O)NC(=O)C1CC1c1ccccc1. The summed E-state index contributed by atoms with van der Waals surface area (Å²) in [5, 5.41) is 11.7. The second kappa shape index (κ2) is 6.55. The van der Waals surface area contributed by atoms with Gasteiger partial charge in [0, 0.05) is 12.0 Å². The number of carbonyl (C=O) groups excluding carboxylic acids is 1. The zero-order chi connectivity index (χ0) is 14.5. The van der Waals surface area contributed by atoms with Gasteiger partial charge in [-0.3, -0.25) is 9.59 Å². The summed E-state index contributed by atoms with van der Waals surface area (Å²) < 4.78 is 0. The van der Waals surface area contributed by atoms with Gasteiger partial charge in [-0.05, 0) is 24.3 Å². The van der Waals surface area contributed by atoms with E-state index in [4.69, 9.17) is 5.11 Å². The number of benzene rings is 1. The smallest absolute Gasteiger partial charge is 0.305 e. The monoisotopic (exact) mass is 275 g/mol. The molecule has 2 N–H and O–H groups in total. The second-order valence-electron chi connectivity index (χ2n) is 5.45. The number of carboxylic acid groups (broad SMARTS) is 1. The molecule has 0 radical (unpaired) electrons. The van der Waals surface area contributed by atoms with E-state index in [-0.39, 0.29) is 24.3 Å². The van der Waals surface area contributed by atoms with Crippen molar-refractivity contribution in [3.63, 3.8) is 0 Å². The highest BCUT2D eigenvalue weighted by Gasteiger charge is 2.44. The van der Waals surface area contributed by atoms with Crippen LogP contribution in [0.5, 0.6) is 0 Å². The molecule has 0 aliphatic heterocycles. The van der Waals surface area contributed by atoms with E-state index in [1.807, 2.05) is 37.3 Å². The number of amides is 1. The van der Waals surface area contributed by atoms with Gasteiger partial charge in [-0.25, -0.2) is 0 Å². The maximum Gasteiger partial charge on any atom is 0.305 e. The molecule has 3 unspecified atom stereocenters. The summed E-state index contributed by atoms with van der Waals surface area (Å²) >= 11 is 0. The van der Waals surface area contributed by atoms with Crippen molar-refractivity contribution >= 4 is 11.9 Å². The topological polar surface area (TPSA) is 66.4 Å². The van der Waals surface area contributed by atoms with Gasteiger partial charge < -0.3 is 10.4 Å². The molecule has 1 aliphatic rings. The normalized spacial score (nSPS) is 22.1. The summed E-state index contributed by atoms with van der Waals surface area (Å²) in [6.07, 6.45) is 2.44. The highest BCUT2D eigenvalue weighted by Crippen LogP contribution is 2.47. The van der Waals surface area contributed by atoms with E-state index in [9.17, 15) is 9.59 Å². The zero-order valence-corrected chi connectivity index (χ0v) is 11.7. The summed E-state index contributed by atoms with van der Waals surface area (Å²) in [5.74, 6) is -0.563. The van der Waals surface area contributed by atoms with Crippen molar-refractivity contribution in [2.45, 2.75) is 44.6 Å². The average Bonchev–Trinajstić information content (AvgIpc) is 3.19. The van der Waals surface area contributed by atoms with Crippen LogP contribution in [0.1, 0.15) is 44.1 Å². The Morgan fingerprint density at radius 1 is 1.35 bits per heavy atom. The minimum atomic E-state index is -0.862. The Morgan fingerprint density at radius 2 is 2.05 bits per heavy atom. The molecule has 4 heteroatoms. The minimum absolute atomic E-state index is 0.00134. The largest absolute Gasteiger partial charge is 0.481 e. The summed E-state index contributed by atoms with van der Waals surface area (Å²) in [5.41, 5.74) is 1.19. The highest BCUT2D eigenvalue weighted by atomic mass is 16.4. The first-order chi connectivity index (χ1) is 9.61. The van der Waals surface area contributed by atoms with Crippen molar-refractivity contribution in [2.24, 2.45) is 5.92 Å². The van der Waals surface area contributed by atoms with Gasteiger partial charge in [0.1, 0.15) is 0 Å². The summed E-state index contributed by atoms with van der Waals surface area (Å²) in [6.45, 7) is 1.99. The number of rotatable bonds is 7. The van der Waals surface area contributed by atoms with E-state index < -0.39 is 5.97 Å². The lowest BCUT2D eigenvalue weighted by atomic mass is 10.1. The van der Waals surface area contributed by atoms with Crippen molar-refractivity contribution in [3.8, 4) is 0 Å². The molecular weight excluding hydrogens is 254 g/mol. The molecule has 0 aromatic heterocycles. The molecular formula is C16H21NO3. The fourth-order valence-corrected chi connectivity index (χ4v) is 2.65. The van der Waals surface area contributed by atoms with Crippen molar-refractivity contribution in [2.75, 3.05) is 0 Å². The van der Waals surface area contributed by atoms with Crippen molar-refractivity contribution in [1.82, 2.24) is 5.32 Å². The maximum atomic E-state index is 12.2. The fraction of sp³-hybridized carbons (Fsp3) is 0.500. The first kappa shape index (κ1) is 14.6. The third kappa shape index (κ3) is 3.83. The Morgan fingerprint density at radius 3 is 2.65 bits per heavy atom. The molecule has 1 saturated carbocycles. The fourth-order valence-electron chi connectivity index (χ4n) is 2.65. The third-order valence-electron chi connectivity index (χ3n) is 3.76. The van der Waals surface area contributed by atoms with Crippen LogP contribution >= 0.6 is 0 Å². The van der Waals surface area contributed by atoms with Crippen LogP contribution in [0, 0.1) is 5.92 Å². The van der Waals surface area contributed by atoms with Gasteiger partial charge >= 0.3 is 5.97 Å². The summed E-state index contributed by atoms with van der Waals surface area (Å²) in [7, 11) is 0. The van der Waals surface area contributed by atoms with Gasteiger partial charge in [-0.2, -0.15) is 0 Å². The van der Waals surface area contributed by atoms with Crippen LogP contribution in [0.4, 0.5) is 0 Å². The van der Waals surface area contributed by atoms with Crippen LogP contribution in [-0.4, -0.2) is 23.0 Å². The first-order valence-corrected chi connectivity index (χ1v) is 7.19. The Bertz CT molecular complexity index is 472. The molecule has 1 fully saturated rings. The van der Waals surface area contributed by atoms with Gasteiger partial charge in [0.2, 0.25) is 5.91 Å². The van der Waals surface area contributed by atoms with E-state index in [2.05, 4.69) is 5.32 Å². The molecule has 1 aromatic rings. The average molecular weight is 275 g/mol. The predicted octanol–water partition coefficient (Wildman–Crippen LogP) is 2.55. The van der Waals surface area contributed by atoms with Gasteiger partial charge in [0.25, 0.3) is 0 Å². The van der Waals surface area contributed by atoms with Crippen LogP contribution < -0.4 is 5.32 Å². The number of nitrogens with one attached hydrogen (secondary N) is 1. The number of hydrogen-bond acceptors (Lipinski definition) is 2. The van der Waals surface area contributed by atoms with Gasteiger partial charge in [0.05, 0.1) is 6.42 Å². The molecule has 3 atom stereocenters. The number of aliphatic carboxylic acids is 1. The van der Waals surface area contributed by atoms with E-state index >= 15 is 0 Å². The Balaban J connectivity index is 1.88. The Hall–Kier alpha value is -1.84. The van der Waals surface area contributed by atoms with E-state index in [1.165, 1.54) is 5.56 Å². The molecule has 2 rings (SSSR count).